The van der Waals surface area contributed by atoms with Crippen molar-refractivity contribution in [2.75, 3.05) is 30.4 Å². The number of fused-ring (bicyclic) bond motifs is 1. The molecule has 0 radical (unpaired) electrons. The number of likely N-dealkylation sites (tertiary alicyclic amines) is 1. The highest BCUT2D eigenvalue weighted by atomic mass is 16.5. The third kappa shape index (κ3) is 3.86. The number of nitrogens with one attached hydrogen (secondary N) is 1. The highest BCUT2D eigenvalue weighted by Crippen LogP contribution is 2.40. The Hall–Kier alpha value is -2.68. The highest BCUT2D eigenvalue weighted by Gasteiger charge is 2.45. The molecule has 0 bridgehead atoms. The van der Waals surface area contributed by atoms with E-state index in [0.29, 0.717) is 29.4 Å². The van der Waals surface area contributed by atoms with Gasteiger partial charge in [-0.2, -0.15) is 4.98 Å². The van der Waals surface area contributed by atoms with Crippen LogP contribution >= 0.6 is 0 Å². The molecule has 9 heteroatoms. The Morgan fingerprint density at radius 2 is 1.84 bits per heavy atom. The van der Waals surface area contributed by atoms with Crippen LogP contribution in [0, 0.1) is 0 Å². The number of nitrogens with zero attached hydrogens (tertiary/aromatic N) is 6. The summed E-state index contributed by atoms with van der Waals surface area (Å²) in [5.74, 6) is 2.20. The summed E-state index contributed by atoms with van der Waals surface area (Å²) in [6.45, 7) is 5.81. The van der Waals surface area contributed by atoms with Crippen LogP contribution in [-0.4, -0.2) is 62.1 Å². The average Bonchev–Trinajstić information content (AvgIpc) is 3.42. The summed E-state index contributed by atoms with van der Waals surface area (Å²) in [6, 6.07) is 0.635. The summed E-state index contributed by atoms with van der Waals surface area (Å²) < 4.78 is 8.13. The van der Waals surface area contributed by atoms with Gasteiger partial charge < -0.3 is 19.5 Å². The molecular weight excluding hydrogens is 394 g/mol. The van der Waals surface area contributed by atoms with E-state index < -0.39 is 5.60 Å². The number of piperidine rings is 1. The number of hydrogen-bond acceptors (Lipinski definition) is 7. The molecule has 1 saturated heterocycles. The third-order valence-electron chi connectivity index (χ3n) is 6.70. The first-order valence-corrected chi connectivity index (χ1v) is 11.3. The number of carbonyl (C=O) groups is 1. The van der Waals surface area contributed by atoms with Gasteiger partial charge in [0.25, 0.3) is 5.91 Å². The zero-order valence-electron chi connectivity index (χ0n) is 18.5. The minimum atomic E-state index is -0.916. The lowest BCUT2D eigenvalue weighted by molar-refractivity contribution is -0.133. The van der Waals surface area contributed by atoms with Crippen LogP contribution in [0.1, 0.15) is 58.4 Å². The molecule has 0 atom stereocenters. The average molecular weight is 426 g/mol. The van der Waals surface area contributed by atoms with Crippen LogP contribution in [0.4, 0.5) is 17.6 Å². The van der Waals surface area contributed by atoms with E-state index in [4.69, 9.17) is 4.74 Å². The lowest BCUT2D eigenvalue weighted by atomic mass is 10.0. The van der Waals surface area contributed by atoms with Crippen LogP contribution in [0.3, 0.4) is 0 Å². The largest absolute Gasteiger partial charge is 0.472 e. The molecule has 166 valence electrons. The summed E-state index contributed by atoms with van der Waals surface area (Å²) in [5, 5.41) is 3.21. The fourth-order valence-corrected chi connectivity index (χ4v) is 4.88. The lowest BCUT2D eigenvalue weighted by Crippen LogP contribution is -2.55. The Labute approximate surface area is 182 Å². The predicted octanol–water partition coefficient (Wildman–Crippen LogP) is 3.13. The van der Waals surface area contributed by atoms with Crippen molar-refractivity contribution in [2.24, 2.45) is 0 Å². The van der Waals surface area contributed by atoms with Gasteiger partial charge in [-0.3, -0.25) is 9.69 Å². The second kappa shape index (κ2) is 7.78. The van der Waals surface area contributed by atoms with E-state index in [2.05, 4.69) is 36.8 Å². The Kier molecular flexibility index (Phi) is 5.08. The summed E-state index contributed by atoms with van der Waals surface area (Å²) >= 11 is 0. The van der Waals surface area contributed by atoms with E-state index in [1.807, 2.05) is 31.3 Å². The molecule has 0 aromatic carbocycles. The molecule has 2 aromatic rings. The number of aromatic nitrogens is 4. The minimum absolute atomic E-state index is 0.0388. The molecule has 0 spiro atoms. The summed E-state index contributed by atoms with van der Waals surface area (Å²) in [6.07, 6.45) is 12.0. The quantitative estimate of drug-likeness (QED) is 0.805. The SMILES string of the molecule is CN1CCC(n2cnc(Nc3ncc4c(n3)N(C3CCCC3)C(=O)C(C)(C)O4)c2)CC1. The Morgan fingerprint density at radius 1 is 1.10 bits per heavy atom. The Balaban J connectivity index is 1.38. The van der Waals surface area contributed by atoms with Gasteiger partial charge in [0.2, 0.25) is 5.95 Å². The van der Waals surface area contributed by atoms with Gasteiger partial charge in [0, 0.05) is 18.3 Å². The fraction of sp³-hybridized carbons (Fsp3) is 0.636. The number of ether oxygens (including phenoxy) is 1. The fourth-order valence-electron chi connectivity index (χ4n) is 4.88. The van der Waals surface area contributed by atoms with Gasteiger partial charge in [0.05, 0.1) is 12.5 Å². The number of amides is 1. The second-order valence-electron chi connectivity index (χ2n) is 9.47. The molecule has 4 heterocycles. The summed E-state index contributed by atoms with van der Waals surface area (Å²) in [7, 11) is 2.16. The molecule has 1 saturated carbocycles. The Bertz CT molecular complexity index is 959. The number of rotatable bonds is 4. The molecular formula is C22H31N7O2. The molecule has 1 amide bonds. The molecule has 2 aliphatic heterocycles. The molecule has 9 nitrogen and oxygen atoms in total. The smallest absolute Gasteiger partial charge is 0.272 e. The minimum Gasteiger partial charge on any atom is -0.472 e. The first-order valence-electron chi connectivity index (χ1n) is 11.3. The van der Waals surface area contributed by atoms with E-state index >= 15 is 0 Å². The number of carbonyl (C=O) groups excluding carboxylic acids is 1. The Morgan fingerprint density at radius 3 is 2.58 bits per heavy atom. The summed E-state index contributed by atoms with van der Waals surface area (Å²) in [4.78, 5) is 31.0. The standard InChI is InChI=1S/C22H31N7O2/c1-22(2)20(30)29(16-6-4-5-7-16)19-17(31-22)12-23-21(26-19)25-18-13-28(14-24-18)15-8-10-27(3)11-9-15/h12-16H,4-11H2,1-3H3,(H,23,25,26). The van der Waals surface area contributed by atoms with Crippen molar-refractivity contribution in [3.05, 3.63) is 18.7 Å². The molecule has 3 aliphatic rings. The van der Waals surface area contributed by atoms with Crippen molar-refractivity contribution in [1.82, 2.24) is 24.4 Å². The normalized spacial score (nSPS) is 22.4. The molecule has 31 heavy (non-hydrogen) atoms. The van der Waals surface area contributed by atoms with Crippen LogP contribution < -0.4 is 15.0 Å². The van der Waals surface area contributed by atoms with E-state index in [1.165, 1.54) is 0 Å². The van der Waals surface area contributed by atoms with Gasteiger partial charge in [-0.1, -0.05) is 12.8 Å². The molecule has 2 fully saturated rings. The van der Waals surface area contributed by atoms with Crippen molar-refractivity contribution in [1.29, 1.82) is 0 Å². The maximum atomic E-state index is 13.2. The molecule has 1 aliphatic carbocycles. The topological polar surface area (TPSA) is 88.4 Å². The summed E-state index contributed by atoms with van der Waals surface area (Å²) in [5.41, 5.74) is -0.916. The first kappa shape index (κ1) is 20.2. The van der Waals surface area contributed by atoms with Crippen molar-refractivity contribution < 1.29 is 9.53 Å². The molecule has 5 rings (SSSR count). The zero-order valence-corrected chi connectivity index (χ0v) is 18.5. The first-order chi connectivity index (χ1) is 14.9. The van der Waals surface area contributed by atoms with Crippen LogP contribution in [0.2, 0.25) is 0 Å². The number of hydrogen-bond donors (Lipinski definition) is 1. The van der Waals surface area contributed by atoms with Crippen LogP contribution in [-0.2, 0) is 4.79 Å². The zero-order chi connectivity index (χ0) is 21.6. The van der Waals surface area contributed by atoms with Crippen LogP contribution in [0.25, 0.3) is 0 Å². The molecule has 2 aromatic heterocycles. The number of imidazole rings is 1. The third-order valence-corrected chi connectivity index (χ3v) is 6.70. The maximum absolute atomic E-state index is 13.2. The van der Waals surface area contributed by atoms with Crippen molar-refractivity contribution >= 4 is 23.5 Å². The lowest BCUT2D eigenvalue weighted by Gasteiger charge is -2.40. The van der Waals surface area contributed by atoms with Crippen LogP contribution in [0.5, 0.6) is 5.75 Å². The second-order valence-corrected chi connectivity index (χ2v) is 9.47. The van der Waals surface area contributed by atoms with E-state index in [1.54, 1.807) is 6.20 Å². The monoisotopic (exact) mass is 425 g/mol. The van der Waals surface area contributed by atoms with Gasteiger partial charge in [-0.05, 0) is 59.7 Å². The van der Waals surface area contributed by atoms with Crippen molar-refractivity contribution in [3.63, 3.8) is 0 Å². The number of anilines is 3. The van der Waals surface area contributed by atoms with Gasteiger partial charge in [-0.15, -0.1) is 0 Å². The van der Waals surface area contributed by atoms with Gasteiger partial charge >= 0.3 is 0 Å². The van der Waals surface area contributed by atoms with E-state index in [9.17, 15) is 4.79 Å². The van der Waals surface area contributed by atoms with Gasteiger partial charge in [0.1, 0.15) is 0 Å². The molecule has 0 unspecified atom stereocenters. The van der Waals surface area contributed by atoms with Gasteiger partial charge in [-0.25, -0.2) is 9.97 Å². The van der Waals surface area contributed by atoms with Crippen LogP contribution in [0.15, 0.2) is 18.7 Å². The van der Waals surface area contributed by atoms with Crippen molar-refractivity contribution in [2.45, 2.75) is 70.1 Å². The van der Waals surface area contributed by atoms with Crippen molar-refractivity contribution in [3.8, 4) is 5.75 Å². The van der Waals surface area contributed by atoms with E-state index in [0.717, 1.165) is 51.6 Å². The maximum Gasteiger partial charge on any atom is 0.272 e. The van der Waals surface area contributed by atoms with E-state index in [-0.39, 0.29) is 11.9 Å². The highest BCUT2D eigenvalue weighted by molar-refractivity contribution is 6.02. The predicted molar refractivity (Wildman–Crippen MR) is 118 cm³/mol. The van der Waals surface area contributed by atoms with Gasteiger partial charge in [0.15, 0.2) is 23.0 Å². The molecule has 1 N–H and O–H groups in total.